The molecule has 0 aromatic carbocycles. The first-order valence-electron chi connectivity index (χ1n) is 6.61. The van der Waals surface area contributed by atoms with E-state index in [0.717, 1.165) is 38.2 Å². The van der Waals surface area contributed by atoms with Gasteiger partial charge in [-0.1, -0.05) is 0 Å². The number of pyridine rings is 1. The van der Waals surface area contributed by atoms with E-state index in [1.165, 1.54) is 0 Å². The maximum atomic E-state index is 12.6. The summed E-state index contributed by atoms with van der Waals surface area (Å²) in [7, 11) is 2.05. The topological polar surface area (TPSA) is 54.2 Å². The molecule has 2 heterocycles. The van der Waals surface area contributed by atoms with E-state index in [0.29, 0.717) is 18.2 Å². The fourth-order valence-corrected chi connectivity index (χ4v) is 2.47. The van der Waals surface area contributed by atoms with Crippen LogP contribution in [0.2, 0.25) is 0 Å². The Hall–Kier alpha value is -1.50. The molecule has 0 aliphatic carbocycles. The SMILES string of the molecule is CN1CCCC(CNc2cc(C(F)(F)F)ncc2N)C1. The van der Waals surface area contributed by atoms with Gasteiger partial charge in [-0.05, 0) is 38.4 Å². The summed E-state index contributed by atoms with van der Waals surface area (Å²) in [4.78, 5) is 5.55. The maximum Gasteiger partial charge on any atom is 0.433 e. The molecular formula is C13H19F3N4. The van der Waals surface area contributed by atoms with Crippen LogP contribution < -0.4 is 11.1 Å². The second-order valence-corrected chi connectivity index (χ2v) is 5.31. The van der Waals surface area contributed by atoms with Crippen LogP contribution in [0.15, 0.2) is 12.3 Å². The number of nitrogens with one attached hydrogen (secondary N) is 1. The Morgan fingerprint density at radius 2 is 2.25 bits per heavy atom. The molecule has 4 nitrogen and oxygen atoms in total. The van der Waals surface area contributed by atoms with Crippen molar-refractivity contribution < 1.29 is 13.2 Å². The first-order valence-corrected chi connectivity index (χ1v) is 6.61. The molecule has 0 radical (unpaired) electrons. The molecule has 3 N–H and O–H groups in total. The minimum Gasteiger partial charge on any atom is -0.396 e. The van der Waals surface area contributed by atoms with Gasteiger partial charge >= 0.3 is 6.18 Å². The molecule has 1 saturated heterocycles. The van der Waals surface area contributed by atoms with Gasteiger partial charge in [0, 0.05) is 13.1 Å². The number of aromatic nitrogens is 1. The molecule has 1 atom stereocenters. The summed E-state index contributed by atoms with van der Waals surface area (Å²) in [5, 5.41) is 3.02. The number of rotatable bonds is 3. The molecule has 0 spiro atoms. The molecule has 1 unspecified atom stereocenters. The van der Waals surface area contributed by atoms with E-state index in [1.807, 2.05) is 0 Å². The van der Waals surface area contributed by atoms with Crippen molar-refractivity contribution in [1.29, 1.82) is 0 Å². The van der Waals surface area contributed by atoms with Crippen molar-refractivity contribution >= 4 is 11.4 Å². The van der Waals surface area contributed by atoms with Gasteiger partial charge in [0.25, 0.3) is 0 Å². The standard InChI is InChI=1S/C13H19F3N4/c1-20-4-2-3-9(8-20)6-18-11-5-12(13(14,15)16)19-7-10(11)17/h5,7,9H,2-4,6,8,17H2,1H3,(H,18,19). The third-order valence-corrected chi connectivity index (χ3v) is 3.53. The first-order chi connectivity index (χ1) is 9.36. The Morgan fingerprint density at radius 1 is 1.50 bits per heavy atom. The van der Waals surface area contributed by atoms with Crippen LogP contribution in [0.25, 0.3) is 0 Å². The van der Waals surface area contributed by atoms with Crippen LogP contribution in [0.3, 0.4) is 0 Å². The lowest BCUT2D eigenvalue weighted by Crippen LogP contribution is -2.35. The number of nitrogen functional groups attached to an aromatic ring is 1. The number of nitrogens with zero attached hydrogens (tertiary/aromatic N) is 2. The van der Waals surface area contributed by atoms with Crippen molar-refractivity contribution in [1.82, 2.24) is 9.88 Å². The number of likely N-dealkylation sites (tertiary alicyclic amines) is 1. The molecular weight excluding hydrogens is 269 g/mol. The minimum absolute atomic E-state index is 0.238. The van der Waals surface area contributed by atoms with Crippen LogP contribution in [0.4, 0.5) is 24.5 Å². The number of nitrogens with two attached hydrogens (primary N) is 1. The largest absolute Gasteiger partial charge is 0.433 e. The van der Waals surface area contributed by atoms with Crippen molar-refractivity contribution in [3.8, 4) is 0 Å². The second kappa shape index (κ2) is 5.87. The van der Waals surface area contributed by atoms with Gasteiger partial charge < -0.3 is 16.0 Å². The summed E-state index contributed by atoms with van der Waals surface area (Å²) in [6, 6.07) is 0.974. The number of anilines is 2. The van der Waals surface area contributed by atoms with E-state index >= 15 is 0 Å². The van der Waals surface area contributed by atoms with Crippen LogP contribution in [-0.4, -0.2) is 36.6 Å². The first kappa shape index (κ1) is 14.9. The zero-order chi connectivity index (χ0) is 14.8. The van der Waals surface area contributed by atoms with Crippen LogP contribution >= 0.6 is 0 Å². The molecule has 20 heavy (non-hydrogen) atoms. The normalized spacial score (nSPS) is 20.9. The fraction of sp³-hybridized carbons (Fsp3) is 0.615. The Balaban J connectivity index is 2.01. The summed E-state index contributed by atoms with van der Waals surface area (Å²) >= 11 is 0. The second-order valence-electron chi connectivity index (χ2n) is 5.31. The molecule has 7 heteroatoms. The maximum absolute atomic E-state index is 12.6. The lowest BCUT2D eigenvalue weighted by molar-refractivity contribution is -0.141. The highest BCUT2D eigenvalue weighted by Crippen LogP contribution is 2.31. The molecule has 1 fully saturated rings. The van der Waals surface area contributed by atoms with E-state index in [1.54, 1.807) is 0 Å². The molecule has 1 aliphatic rings. The average molecular weight is 288 g/mol. The smallest absolute Gasteiger partial charge is 0.396 e. The van der Waals surface area contributed by atoms with Gasteiger partial charge in [-0.2, -0.15) is 13.2 Å². The van der Waals surface area contributed by atoms with E-state index in [9.17, 15) is 13.2 Å². The van der Waals surface area contributed by atoms with Crippen molar-refractivity contribution in [2.45, 2.75) is 19.0 Å². The summed E-state index contributed by atoms with van der Waals surface area (Å²) in [6.45, 7) is 2.64. The number of hydrogen-bond donors (Lipinski definition) is 2. The summed E-state index contributed by atoms with van der Waals surface area (Å²) < 4.78 is 37.8. The average Bonchev–Trinajstić information content (AvgIpc) is 2.36. The molecule has 1 aliphatic heterocycles. The Labute approximate surface area is 116 Å². The fourth-order valence-electron chi connectivity index (χ4n) is 2.47. The molecule has 2 rings (SSSR count). The Kier molecular flexibility index (Phi) is 4.37. The lowest BCUT2D eigenvalue weighted by Gasteiger charge is -2.30. The van der Waals surface area contributed by atoms with E-state index in [-0.39, 0.29) is 5.69 Å². The van der Waals surface area contributed by atoms with Gasteiger partial charge in [0.2, 0.25) is 0 Å². The third-order valence-electron chi connectivity index (χ3n) is 3.53. The summed E-state index contributed by atoms with van der Waals surface area (Å²) in [5.41, 5.74) is 5.30. The lowest BCUT2D eigenvalue weighted by atomic mass is 9.98. The highest BCUT2D eigenvalue weighted by Gasteiger charge is 2.33. The number of piperidine rings is 1. The molecule has 1 aromatic rings. The highest BCUT2D eigenvalue weighted by molar-refractivity contribution is 5.65. The molecule has 0 bridgehead atoms. The van der Waals surface area contributed by atoms with E-state index < -0.39 is 11.9 Å². The van der Waals surface area contributed by atoms with Gasteiger partial charge in [0.15, 0.2) is 0 Å². The molecule has 112 valence electrons. The van der Waals surface area contributed by atoms with Crippen molar-refractivity contribution in [3.05, 3.63) is 18.0 Å². The van der Waals surface area contributed by atoms with Gasteiger partial charge in [-0.25, -0.2) is 4.98 Å². The van der Waals surface area contributed by atoms with E-state index in [4.69, 9.17) is 5.73 Å². The van der Waals surface area contributed by atoms with E-state index in [2.05, 4.69) is 22.2 Å². The Morgan fingerprint density at radius 3 is 2.90 bits per heavy atom. The predicted molar refractivity (Wildman–Crippen MR) is 72.4 cm³/mol. The van der Waals surface area contributed by atoms with Crippen LogP contribution in [-0.2, 0) is 6.18 Å². The summed E-state index contributed by atoms with van der Waals surface area (Å²) in [5.74, 6) is 0.427. The van der Waals surface area contributed by atoms with Gasteiger partial charge in [-0.15, -0.1) is 0 Å². The highest BCUT2D eigenvalue weighted by atomic mass is 19.4. The Bertz CT molecular complexity index is 461. The van der Waals surface area contributed by atoms with Gasteiger partial charge in [-0.3, -0.25) is 0 Å². The zero-order valence-corrected chi connectivity index (χ0v) is 11.4. The van der Waals surface area contributed by atoms with Crippen LogP contribution in [0.5, 0.6) is 0 Å². The van der Waals surface area contributed by atoms with Crippen LogP contribution in [0, 0.1) is 5.92 Å². The van der Waals surface area contributed by atoms with Crippen molar-refractivity contribution in [2.75, 3.05) is 37.7 Å². The summed E-state index contributed by atoms with van der Waals surface area (Å²) in [6.07, 6.45) is -1.20. The quantitative estimate of drug-likeness (QED) is 0.897. The third kappa shape index (κ3) is 3.75. The van der Waals surface area contributed by atoms with Crippen molar-refractivity contribution in [3.63, 3.8) is 0 Å². The predicted octanol–water partition coefficient (Wildman–Crippen LogP) is 2.44. The number of hydrogen-bond acceptors (Lipinski definition) is 4. The van der Waals surface area contributed by atoms with Gasteiger partial charge in [0.1, 0.15) is 5.69 Å². The minimum atomic E-state index is -4.45. The van der Waals surface area contributed by atoms with Crippen LogP contribution in [0.1, 0.15) is 18.5 Å². The molecule has 0 amide bonds. The van der Waals surface area contributed by atoms with Crippen molar-refractivity contribution in [2.24, 2.45) is 5.92 Å². The number of halogens is 3. The zero-order valence-electron chi connectivity index (χ0n) is 11.4. The molecule has 1 aromatic heterocycles. The molecule has 0 saturated carbocycles. The monoisotopic (exact) mass is 288 g/mol. The van der Waals surface area contributed by atoms with Gasteiger partial charge in [0.05, 0.1) is 17.6 Å². The number of alkyl halides is 3.